The number of hydrogen-bond donors (Lipinski definition) is 4. The number of alkyl halides is 2. The second-order valence-electron chi connectivity index (χ2n) is 6.22. The normalized spacial score (nSPS) is 17.8. The maximum absolute atomic E-state index is 12.2. The number of benzene rings is 2. The van der Waals surface area contributed by atoms with Gasteiger partial charge < -0.3 is 20.4 Å². The first-order valence-electron chi connectivity index (χ1n) is 8.44. The van der Waals surface area contributed by atoms with Crippen LogP contribution in [0, 0.1) is 0 Å². The molecule has 8 heteroatoms. The molecular formula is C20H20Cl2O6. The molecular weight excluding hydrogens is 407 g/mol. The van der Waals surface area contributed by atoms with Crippen LogP contribution >= 0.6 is 23.2 Å². The lowest BCUT2D eigenvalue weighted by atomic mass is 9.94. The van der Waals surface area contributed by atoms with E-state index in [2.05, 4.69) is 0 Å². The summed E-state index contributed by atoms with van der Waals surface area (Å²) in [6.45, 7) is 0. The lowest BCUT2D eigenvalue weighted by Crippen LogP contribution is -2.48. The van der Waals surface area contributed by atoms with Crippen molar-refractivity contribution in [3.63, 3.8) is 0 Å². The zero-order valence-electron chi connectivity index (χ0n) is 14.6. The lowest BCUT2D eigenvalue weighted by Gasteiger charge is -2.24. The Balaban J connectivity index is 2.06. The third-order valence-electron chi connectivity index (χ3n) is 4.26. The number of carbonyl (C=O) groups excluding carboxylic acids is 2. The van der Waals surface area contributed by atoms with Gasteiger partial charge in [0.2, 0.25) is 11.6 Å². The highest BCUT2D eigenvalue weighted by atomic mass is 35.5. The van der Waals surface area contributed by atoms with Crippen LogP contribution in [0.4, 0.5) is 0 Å². The zero-order chi connectivity index (χ0) is 20.8. The summed E-state index contributed by atoms with van der Waals surface area (Å²) in [4.78, 5) is 24.4. The van der Waals surface area contributed by atoms with Gasteiger partial charge in [0.25, 0.3) is 0 Å². The third-order valence-corrected chi connectivity index (χ3v) is 5.28. The van der Waals surface area contributed by atoms with Gasteiger partial charge in [-0.2, -0.15) is 0 Å². The first kappa shape index (κ1) is 22.5. The molecule has 0 aliphatic rings. The summed E-state index contributed by atoms with van der Waals surface area (Å²) in [7, 11) is 0. The van der Waals surface area contributed by atoms with E-state index in [1.54, 1.807) is 60.7 Å². The van der Waals surface area contributed by atoms with E-state index in [0.717, 1.165) is 0 Å². The molecule has 0 saturated heterocycles. The Morgan fingerprint density at radius 1 is 0.607 bits per heavy atom. The van der Waals surface area contributed by atoms with Gasteiger partial charge in [0.1, 0.15) is 24.4 Å². The molecule has 0 spiro atoms. The van der Waals surface area contributed by atoms with E-state index < -0.39 is 46.7 Å². The minimum Gasteiger partial charge on any atom is -0.388 e. The first-order valence-corrected chi connectivity index (χ1v) is 9.31. The summed E-state index contributed by atoms with van der Waals surface area (Å²) in [6.07, 6.45) is -7.96. The van der Waals surface area contributed by atoms with Crippen LogP contribution in [0.5, 0.6) is 0 Å². The fourth-order valence-electron chi connectivity index (χ4n) is 2.59. The fraction of sp³-hybridized carbons (Fsp3) is 0.300. The van der Waals surface area contributed by atoms with Crippen molar-refractivity contribution >= 4 is 34.8 Å². The van der Waals surface area contributed by atoms with Gasteiger partial charge in [-0.1, -0.05) is 60.7 Å². The topological polar surface area (TPSA) is 115 Å². The van der Waals surface area contributed by atoms with Crippen molar-refractivity contribution in [3.8, 4) is 0 Å². The number of aliphatic hydroxyl groups excluding tert-OH is 4. The smallest absolute Gasteiger partial charge is 0.232 e. The van der Waals surface area contributed by atoms with Crippen LogP contribution in [0.15, 0.2) is 60.7 Å². The molecule has 0 heterocycles. The third kappa shape index (κ3) is 5.17. The summed E-state index contributed by atoms with van der Waals surface area (Å²) < 4.78 is 0. The van der Waals surface area contributed by atoms with E-state index in [1.807, 2.05) is 0 Å². The molecule has 2 aromatic carbocycles. The van der Waals surface area contributed by atoms with Crippen LogP contribution in [-0.2, 0) is 9.59 Å². The van der Waals surface area contributed by atoms with Crippen LogP contribution in [0.3, 0.4) is 0 Å². The Morgan fingerprint density at radius 2 is 0.893 bits per heavy atom. The van der Waals surface area contributed by atoms with Gasteiger partial charge in [0, 0.05) is 0 Å². The summed E-state index contributed by atoms with van der Waals surface area (Å²) >= 11 is 12.1. The van der Waals surface area contributed by atoms with Crippen molar-refractivity contribution < 1.29 is 30.0 Å². The Bertz CT molecular complexity index is 718. The maximum atomic E-state index is 12.2. The molecule has 0 saturated carbocycles. The Labute approximate surface area is 172 Å². The molecule has 0 amide bonds. The number of rotatable bonds is 9. The highest BCUT2D eigenvalue weighted by Gasteiger charge is 2.40. The first-order chi connectivity index (χ1) is 13.3. The fourth-order valence-corrected chi connectivity index (χ4v) is 3.16. The Kier molecular flexibility index (Phi) is 8.12. The maximum Gasteiger partial charge on any atom is 0.232 e. The van der Waals surface area contributed by atoms with Gasteiger partial charge in [0.15, 0.2) is 0 Å². The Hall–Kier alpha value is -1.80. The highest BCUT2D eigenvalue weighted by Crippen LogP contribution is 2.28. The minimum absolute atomic E-state index is 0.432. The van der Waals surface area contributed by atoms with Crippen LogP contribution in [0.2, 0.25) is 0 Å². The van der Waals surface area contributed by atoms with E-state index in [1.165, 1.54) is 0 Å². The number of halogens is 2. The average molecular weight is 427 g/mol. The largest absolute Gasteiger partial charge is 0.388 e. The van der Waals surface area contributed by atoms with E-state index in [0.29, 0.717) is 11.1 Å². The molecule has 0 aliphatic heterocycles. The van der Waals surface area contributed by atoms with Gasteiger partial charge in [-0.3, -0.25) is 9.59 Å². The number of aliphatic hydroxyl groups is 4. The van der Waals surface area contributed by atoms with Crippen LogP contribution < -0.4 is 0 Å². The van der Waals surface area contributed by atoms with Gasteiger partial charge >= 0.3 is 0 Å². The molecule has 150 valence electrons. The predicted molar refractivity (Wildman–Crippen MR) is 104 cm³/mol. The molecule has 0 aliphatic carbocycles. The summed E-state index contributed by atoms with van der Waals surface area (Å²) in [5.41, 5.74) is 0.864. The molecule has 4 N–H and O–H groups in total. The van der Waals surface area contributed by atoms with Crippen molar-refractivity contribution in [1.82, 2.24) is 0 Å². The quantitative estimate of drug-likeness (QED) is 0.357. The molecule has 0 bridgehead atoms. The highest BCUT2D eigenvalue weighted by molar-refractivity contribution is 6.41. The molecule has 0 aromatic heterocycles. The Morgan fingerprint density at radius 3 is 1.18 bits per heavy atom. The summed E-state index contributed by atoms with van der Waals surface area (Å²) in [6, 6.07) is 16.4. The van der Waals surface area contributed by atoms with Crippen LogP contribution in [-0.4, -0.2) is 56.4 Å². The molecule has 2 rings (SSSR count). The number of carbonyl (C=O) groups is 2. The molecule has 2 aromatic rings. The van der Waals surface area contributed by atoms with E-state index in [4.69, 9.17) is 23.2 Å². The van der Waals surface area contributed by atoms with Gasteiger partial charge in [-0.05, 0) is 11.1 Å². The summed E-state index contributed by atoms with van der Waals surface area (Å²) in [5.74, 6) is -2.95. The van der Waals surface area contributed by atoms with Crippen molar-refractivity contribution in [1.29, 1.82) is 0 Å². The van der Waals surface area contributed by atoms with Crippen LogP contribution in [0.1, 0.15) is 21.9 Å². The minimum atomic E-state index is -2.18. The molecule has 0 fully saturated rings. The van der Waals surface area contributed by atoms with E-state index in [-0.39, 0.29) is 0 Å². The predicted octanol–water partition coefficient (Wildman–Crippen LogP) is 1.53. The summed E-state index contributed by atoms with van der Waals surface area (Å²) in [5, 5.41) is 38.0. The van der Waals surface area contributed by atoms with Crippen molar-refractivity contribution in [3.05, 3.63) is 71.8 Å². The standard InChI is InChI=1S/C20H20Cl2O6/c21-13(11-7-3-1-4-8-11)15(23)17(25)19(27)20(28)18(26)16(24)14(22)12-9-5-2-6-10-12/h1-10,13-18,23-26H/t13?,14?,15?,16?,17-,18+. The van der Waals surface area contributed by atoms with Gasteiger partial charge in [-0.15, -0.1) is 23.2 Å². The van der Waals surface area contributed by atoms with Crippen molar-refractivity contribution in [2.75, 3.05) is 0 Å². The molecule has 6 atom stereocenters. The zero-order valence-corrected chi connectivity index (χ0v) is 16.1. The number of hydrogen-bond acceptors (Lipinski definition) is 6. The van der Waals surface area contributed by atoms with Gasteiger partial charge in [-0.25, -0.2) is 0 Å². The van der Waals surface area contributed by atoms with E-state index >= 15 is 0 Å². The number of ketones is 2. The second-order valence-corrected chi connectivity index (χ2v) is 7.16. The van der Waals surface area contributed by atoms with Gasteiger partial charge in [0.05, 0.1) is 10.8 Å². The molecule has 6 nitrogen and oxygen atoms in total. The van der Waals surface area contributed by atoms with Crippen molar-refractivity contribution in [2.24, 2.45) is 0 Å². The van der Waals surface area contributed by atoms with Crippen molar-refractivity contribution in [2.45, 2.75) is 35.2 Å². The van der Waals surface area contributed by atoms with E-state index in [9.17, 15) is 30.0 Å². The SMILES string of the molecule is O=C(C(=O)[C@H](O)C(O)C(Cl)c1ccccc1)[C@@H](O)C(O)C(Cl)c1ccccc1. The molecule has 28 heavy (non-hydrogen) atoms. The second kappa shape index (κ2) is 10.1. The molecule has 0 radical (unpaired) electrons. The lowest BCUT2D eigenvalue weighted by molar-refractivity contribution is -0.152. The van der Waals surface area contributed by atoms with Crippen LogP contribution in [0.25, 0.3) is 0 Å². The number of Topliss-reactive ketones (excluding diaryl/α,β-unsaturated/α-hetero) is 2. The average Bonchev–Trinajstić information content (AvgIpc) is 2.76. The monoisotopic (exact) mass is 426 g/mol. The molecule has 4 unspecified atom stereocenters.